The first kappa shape index (κ1) is 26.3. The van der Waals surface area contributed by atoms with E-state index in [2.05, 4.69) is 31.4 Å². The van der Waals surface area contributed by atoms with Crippen LogP contribution in [0.25, 0.3) is 16.0 Å². The van der Waals surface area contributed by atoms with E-state index in [4.69, 9.17) is 9.84 Å². The van der Waals surface area contributed by atoms with E-state index in [1.54, 1.807) is 0 Å². The minimum Gasteiger partial charge on any atom is -0.480 e. The second kappa shape index (κ2) is 9.93. The molecule has 1 aromatic carbocycles. The number of methoxy groups -OCH3 is 1. The molecule has 0 saturated heterocycles. The van der Waals surface area contributed by atoms with Gasteiger partial charge in [0.05, 0.1) is 28.4 Å². The Labute approximate surface area is 215 Å². The molecule has 0 atom stereocenters. The highest BCUT2D eigenvalue weighted by Gasteiger charge is 2.35. The number of rotatable bonds is 6. The fourth-order valence-corrected chi connectivity index (χ4v) is 5.42. The molecule has 4 aromatic rings. The number of nitrogens with zero attached hydrogens (tertiary/aromatic N) is 4. The number of ether oxygens (including phenoxy) is 1. The van der Waals surface area contributed by atoms with Gasteiger partial charge in [0.1, 0.15) is 10.6 Å². The summed E-state index contributed by atoms with van der Waals surface area (Å²) in [5, 5.41) is 18.4. The highest BCUT2D eigenvalue weighted by atomic mass is 79.9. The highest BCUT2D eigenvalue weighted by molar-refractivity contribution is 9.11. The number of hydrogen-bond acceptors (Lipinski definition) is 7. The molecule has 16 heteroatoms. The van der Waals surface area contributed by atoms with E-state index in [9.17, 15) is 31.9 Å². The van der Waals surface area contributed by atoms with Crippen LogP contribution in [0.1, 0.15) is 16.7 Å². The molecule has 0 aliphatic carbocycles. The van der Waals surface area contributed by atoms with Crippen molar-refractivity contribution in [2.75, 3.05) is 7.11 Å². The summed E-state index contributed by atoms with van der Waals surface area (Å²) in [6.45, 7) is -1.26. The van der Waals surface area contributed by atoms with Crippen molar-refractivity contribution >= 4 is 43.6 Å². The van der Waals surface area contributed by atoms with Crippen LogP contribution in [0.4, 0.5) is 22.4 Å². The van der Waals surface area contributed by atoms with Gasteiger partial charge in [0, 0.05) is 23.7 Å². The van der Waals surface area contributed by atoms with Crippen molar-refractivity contribution in [3.63, 3.8) is 0 Å². The Balaban J connectivity index is 2.06. The maximum absolute atomic E-state index is 14.7. The molecule has 0 radical (unpaired) electrons. The molecular weight excluding hydrogens is 590 g/mol. The van der Waals surface area contributed by atoms with E-state index < -0.39 is 47.0 Å². The van der Waals surface area contributed by atoms with E-state index in [-0.39, 0.29) is 37.8 Å². The Hall–Kier alpha value is -3.79. The summed E-state index contributed by atoms with van der Waals surface area (Å²) in [4.78, 5) is 38.0. The maximum Gasteiger partial charge on any atom is 0.416 e. The highest BCUT2D eigenvalue weighted by Crippen LogP contribution is 2.36. The third-order valence-corrected chi connectivity index (χ3v) is 7.25. The molecular formula is C21H14BrF4N5O5S. The first-order chi connectivity index (χ1) is 17.4. The van der Waals surface area contributed by atoms with E-state index in [1.807, 2.05) is 0 Å². The first-order valence-corrected chi connectivity index (χ1v) is 11.7. The van der Waals surface area contributed by atoms with E-state index in [1.165, 1.54) is 19.2 Å². The molecule has 0 aliphatic heterocycles. The number of carbonyl (C=O) groups is 1. The smallest absolute Gasteiger partial charge is 0.416 e. The maximum atomic E-state index is 14.7. The topological polar surface area (TPSA) is 128 Å². The fraction of sp³-hybridized carbons (Fsp3) is 0.190. The average Bonchev–Trinajstić information content (AvgIpc) is 3.17. The molecule has 3 aromatic heterocycles. The molecule has 3 heterocycles. The fourth-order valence-electron chi connectivity index (χ4n) is 3.59. The SMILES string of the molecule is COc1ccc(-n2c(=O)c3c(CNC(=O)O)c(Br)sc3n(Cc3c(F)cccc3C(F)(F)F)c2=O)nn1. The van der Waals surface area contributed by atoms with Gasteiger partial charge >= 0.3 is 18.0 Å². The summed E-state index contributed by atoms with van der Waals surface area (Å²) in [7, 11) is 1.31. The molecule has 0 bridgehead atoms. The summed E-state index contributed by atoms with van der Waals surface area (Å²) in [6.07, 6.45) is -6.33. The van der Waals surface area contributed by atoms with Crippen LogP contribution < -0.4 is 21.3 Å². The lowest BCUT2D eigenvalue weighted by molar-refractivity contribution is -0.138. The number of amides is 1. The lowest BCUT2D eigenvalue weighted by Gasteiger charge is -2.16. The van der Waals surface area contributed by atoms with Gasteiger partial charge in [-0.05, 0) is 34.1 Å². The molecule has 0 unspecified atom stereocenters. The van der Waals surface area contributed by atoms with Crippen molar-refractivity contribution in [2.24, 2.45) is 0 Å². The lowest BCUT2D eigenvalue weighted by Crippen LogP contribution is -2.40. The van der Waals surface area contributed by atoms with Crippen LogP contribution in [0.2, 0.25) is 0 Å². The third-order valence-electron chi connectivity index (χ3n) is 5.24. The number of halogens is 5. The second-order valence-electron chi connectivity index (χ2n) is 7.40. The molecule has 10 nitrogen and oxygen atoms in total. The summed E-state index contributed by atoms with van der Waals surface area (Å²) >= 11 is 4.03. The average molecular weight is 604 g/mol. The van der Waals surface area contributed by atoms with Crippen molar-refractivity contribution in [1.82, 2.24) is 24.6 Å². The summed E-state index contributed by atoms with van der Waals surface area (Å²) in [6, 6.07) is 4.93. The van der Waals surface area contributed by atoms with Gasteiger partial charge in [0.25, 0.3) is 5.56 Å². The number of carboxylic acid groups (broad SMARTS) is 1. The molecule has 0 fully saturated rings. The second-order valence-corrected chi connectivity index (χ2v) is 9.72. The molecule has 37 heavy (non-hydrogen) atoms. The van der Waals surface area contributed by atoms with Gasteiger partial charge in [0.2, 0.25) is 5.88 Å². The van der Waals surface area contributed by atoms with Crippen LogP contribution in [-0.4, -0.2) is 37.6 Å². The predicted molar refractivity (Wildman–Crippen MR) is 127 cm³/mol. The predicted octanol–water partition coefficient (Wildman–Crippen LogP) is 3.75. The zero-order chi connectivity index (χ0) is 27.1. The minimum absolute atomic E-state index is 0.0593. The number of aromatic nitrogens is 4. The quantitative estimate of drug-likeness (QED) is 0.321. The molecule has 4 rings (SSSR count). The normalized spacial score (nSPS) is 11.6. The lowest BCUT2D eigenvalue weighted by atomic mass is 10.1. The molecule has 0 aliphatic rings. The zero-order valence-electron chi connectivity index (χ0n) is 18.5. The van der Waals surface area contributed by atoms with Crippen molar-refractivity contribution in [2.45, 2.75) is 19.3 Å². The number of fused-ring (bicyclic) bond motifs is 1. The van der Waals surface area contributed by atoms with E-state index >= 15 is 0 Å². The minimum atomic E-state index is -4.93. The molecule has 1 amide bonds. The van der Waals surface area contributed by atoms with Crippen LogP contribution >= 0.6 is 27.3 Å². The van der Waals surface area contributed by atoms with Crippen LogP contribution in [-0.2, 0) is 19.3 Å². The van der Waals surface area contributed by atoms with Gasteiger partial charge in [-0.3, -0.25) is 9.36 Å². The van der Waals surface area contributed by atoms with Gasteiger partial charge in [-0.25, -0.2) is 18.5 Å². The van der Waals surface area contributed by atoms with Crippen molar-refractivity contribution in [3.05, 3.63) is 77.5 Å². The Kier molecular flexibility index (Phi) is 7.05. The Bertz CT molecular complexity index is 1630. The molecule has 2 N–H and O–H groups in total. The monoisotopic (exact) mass is 603 g/mol. The van der Waals surface area contributed by atoms with Crippen LogP contribution in [0.5, 0.6) is 5.88 Å². The van der Waals surface area contributed by atoms with Crippen LogP contribution in [0.3, 0.4) is 0 Å². The van der Waals surface area contributed by atoms with E-state index in [0.717, 1.165) is 28.0 Å². The van der Waals surface area contributed by atoms with Crippen molar-refractivity contribution in [3.8, 4) is 11.7 Å². The number of alkyl halides is 3. The van der Waals surface area contributed by atoms with Crippen LogP contribution in [0.15, 0.2) is 43.7 Å². The number of nitrogens with one attached hydrogen (secondary N) is 1. The van der Waals surface area contributed by atoms with Crippen molar-refractivity contribution in [1.29, 1.82) is 0 Å². The Morgan fingerprint density at radius 3 is 2.51 bits per heavy atom. The summed E-state index contributed by atoms with van der Waals surface area (Å²) < 4.78 is 62.2. The zero-order valence-corrected chi connectivity index (χ0v) is 20.9. The Morgan fingerprint density at radius 1 is 1.19 bits per heavy atom. The number of benzene rings is 1. The van der Waals surface area contributed by atoms with Gasteiger partial charge in [-0.2, -0.15) is 13.2 Å². The van der Waals surface area contributed by atoms with Crippen molar-refractivity contribution < 1.29 is 32.2 Å². The standard InChI is InChI=1S/C21H14BrF4N5O5S/c1-36-14-6-5-13(28-29-14)31-17(32)15-9(7-27-19(33)34)16(22)37-18(15)30(20(31)35)8-10-11(21(24,25)26)3-2-4-12(10)23/h2-6,27H,7-8H2,1H3,(H,33,34). The largest absolute Gasteiger partial charge is 0.480 e. The van der Waals surface area contributed by atoms with Gasteiger partial charge in [-0.15, -0.1) is 21.5 Å². The Morgan fingerprint density at radius 2 is 1.92 bits per heavy atom. The van der Waals surface area contributed by atoms with Gasteiger partial charge in [-0.1, -0.05) is 6.07 Å². The number of thiophene rings is 1. The molecule has 0 spiro atoms. The van der Waals surface area contributed by atoms with Crippen LogP contribution in [0, 0.1) is 5.82 Å². The third kappa shape index (κ3) is 4.93. The van der Waals surface area contributed by atoms with Gasteiger partial charge < -0.3 is 15.2 Å². The summed E-state index contributed by atoms with van der Waals surface area (Å²) in [5.74, 6) is -1.43. The first-order valence-electron chi connectivity index (χ1n) is 10.1. The molecule has 0 saturated carbocycles. The number of hydrogen-bond donors (Lipinski definition) is 2. The van der Waals surface area contributed by atoms with E-state index in [0.29, 0.717) is 10.6 Å². The summed E-state index contributed by atoms with van der Waals surface area (Å²) in [5.41, 5.74) is -4.03. The van der Waals surface area contributed by atoms with Gasteiger partial charge in [0.15, 0.2) is 5.82 Å². The molecule has 194 valence electrons.